The van der Waals surface area contributed by atoms with Crippen molar-refractivity contribution in [3.05, 3.63) is 29.8 Å². The summed E-state index contributed by atoms with van der Waals surface area (Å²) < 4.78 is 28.2. The Morgan fingerprint density at radius 2 is 1.82 bits per heavy atom. The summed E-state index contributed by atoms with van der Waals surface area (Å²) in [7, 11) is 0. The highest BCUT2D eigenvalue weighted by Crippen LogP contribution is 2.18. The average molecular weight is 338 g/mol. The molecule has 0 aliphatic carbocycles. The van der Waals surface area contributed by atoms with E-state index < -0.39 is 12.5 Å². The van der Waals surface area contributed by atoms with E-state index in [1.807, 2.05) is 0 Å². The zero-order valence-corrected chi connectivity index (χ0v) is 12.7. The Kier molecular flexibility index (Phi) is 9.04. The first-order valence-corrected chi connectivity index (χ1v) is 6.23. The van der Waals surface area contributed by atoms with Gasteiger partial charge < -0.3 is 21.1 Å². The minimum absolute atomic E-state index is 0. The van der Waals surface area contributed by atoms with E-state index in [9.17, 15) is 18.4 Å². The molecule has 0 spiro atoms. The Morgan fingerprint density at radius 1 is 1.23 bits per heavy atom. The first-order chi connectivity index (χ1) is 9.92. The fourth-order valence-electron chi connectivity index (χ4n) is 1.56. The molecule has 0 saturated heterocycles. The number of carbonyl (C=O) groups excluding carboxylic acids is 2. The monoisotopic (exact) mass is 337 g/mol. The van der Waals surface area contributed by atoms with Crippen LogP contribution in [-0.4, -0.2) is 31.5 Å². The summed E-state index contributed by atoms with van der Waals surface area (Å²) in [5, 5.41) is 4.99. The standard InChI is InChI=1S/C13H17F2N3O3.ClH/c1-8(18-12(20)7-17-11(19)6-16)9-2-4-10(5-3-9)21-13(14)15;/h2-5,8,13H,6-7,16H2,1H3,(H,17,19)(H,18,20);1H. The Bertz CT molecular complexity index is 486. The second-order valence-corrected chi connectivity index (χ2v) is 4.22. The van der Waals surface area contributed by atoms with Crippen LogP contribution in [0.3, 0.4) is 0 Å². The lowest BCUT2D eigenvalue weighted by Crippen LogP contribution is -2.40. The average Bonchev–Trinajstić information content (AvgIpc) is 2.44. The Hall–Kier alpha value is -1.93. The van der Waals surface area contributed by atoms with Crippen molar-refractivity contribution in [1.82, 2.24) is 10.6 Å². The van der Waals surface area contributed by atoms with Gasteiger partial charge in [0.25, 0.3) is 0 Å². The topological polar surface area (TPSA) is 93.5 Å². The van der Waals surface area contributed by atoms with Crippen LogP contribution in [0.15, 0.2) is 24.3 Å². The molecule has 2 amide bonds. The maximum atomic E-state index is 12.0. The third kappa shape index (κ3) is 7.19. The van der Waals surface area contributed by atoms with Gasteiger partial charge in [0, 0.05) is 0 Å². The largest absolute Gasteiger partial charge is 0.435 e. The predicted molar refractivity (Wildman–Crippen MR) is 78.9 cm³/mol. The number of benzene rings is 1. The molecule has 0 fully saturated rings. The second-order valence-electron chi connectivity index (χ2n) is 4.22. The lowest BCUT2D eigenvalue weighted by atomic mass is 10.1. The Morgan fingerprint density at radius 3 is 2.32 bits per heavy atom. The smallest absolute Gasteiger partial charge is 0.387 e. The van der Waals surface area contributed by atoms with E-state index in [1.54, 1.807) is 19.1 Å². The third-order valence-electron chi connectivity index (χ3n) is 2.61. The molecule has 0 radical (unpaired) electrons. The number of hydrogen-bond donors (Lipinski definition) is 3. The number of halogens is 3. The normalized spacial score (nSPS) is 11.3. The van der Waals surface area contributed by atoms with Crippen molar-refractivity contribution in [3.8, 4) is 5.75 Å². The maximum Gasteiger partial charge on any atom is 0.387 e. The number of carbonyl (C=O) groups is 2. The van der Waals surface area contributed by atoms with Crippen LogP contribution in [0.5, 0.6) is 5.75 Å². The lowest BCUT2D eigenvalue weighted by Gasteiger charge is -2.15. The van der Waals surface area contributed by atoms with Crippen LogP contribution < -0.4 is 21.1 Å². The number of amides is 2. The molecule has 124 valence electrons. The molecule has 0 aliphatic rings. The zero-order chi connectivity index (χ0) is 15.8. The van der Waals surface area contributed by atoms with Crippen LogP contribution in [-0.2, 0) is 9.59 Å². The fourth-order valence-corrected chi connectivity index (χ4v) is 1.56. The van der Waals surface area contributed by atoms with Crippen LogP contribution >= 0.6 is 12.4 Å². The van der Waals surface area contributed by atoms with Crippen molar-refractivity contribution in [3.63, 3.8) is 0 Å². The van der Waals surface area contributed by atoms with E-state index in [-0.39, 0.29) is 43.2 Å². The van der Waals surface area contributed by atoms with Crippen LogP contribution in [0, 0.1) is 0 Å². The summed E-state index contributed by atoms with van der Waals surface area (Å²) in [4.78, 5) is 22.5. The molecule has 1 aromatic carbocycles. The van der Waals surface area contributed by atoms with Crippen molar-refractivity contribution in [2.75, 3.05) is 13.1 Å². The van der Waals surface area contributed by atoms with E-state index in [1.165, 1.54) is 12.1 Å². The van der Waals surface area contributed by atoms with Gasteiger partial charge in [-0.1, -0.05) is 12.1 Å². The van der Waals surface area contributed by atoms with Gasteiger partial charge in [-0.3, -0.25) is 9.59 Å². The molecule has 1 unspecified atom stereocenters. The molecule has 0 bridgehead atoms. The van der Waals surface area contributed by atoms with Crippen molar-refractivity contribution < 1.29 is 23.1 Å². The van der Waals surface area contributed by atoms with Crippen LogP contribution in [0.25, 0.3) is 0 Å². The maximum absolute atomic E-state index is 12.0. The van der Waals surface area contributed by atoms with Gasteiger partial charge >= 0.3 is 6.61 Å². The molecule has 22 heavy (non-hydrogen) atoms. The fraction of sp³-hybridized carbons (Fsp3) is 0.385. The predicted octanol–water partition coefficient (Wildman–Crippen LogP) is 0.962. The number of hydrogen-bond acceptors (Lipinski definition) is 4. The second kappa shape index (κ2) is 9.91. The minimum atomic E-state index is -2.88. The summed E-state index contributed by atoms with van der Waals surface area (Å²) in [6.45, 7) is -1.51. The van der Waals surface area contributed by atoms with Gasteiger partial charge in [0.05, 0.1) is 19.1 Å². The van der Waals surface area contributed by atoms with Crippen LogP contribution in [0.2, 0.25) is 0 Å². The third-order valence-corrected chi connectivity index (χ3v) is 2.61. The summed E-state index contributed by atoms with van der Waals surface area (Å²) in [5.74, 6) is -0.758. The van der Waals surface area contributed by atoms with Gasteiger partial charge in [-0.05, 0) is 24.6 Å². The van der Waals surface area contributed by atoms with Crippen LogP contribution in [0.1, 0.15) is 18.5 Å². The van der Waals surface area contributed by atoms with Crippen molar-refractivity contribution in [2.45, 2.75) is 19.6 Å². The summed E-state index contributed by atoms with van der Waals surface area (Å²) in [5.41, 5.74) is 5.81. The van der Waals surface area contributed by atoms with E-state index in [0.29, 0.717) is 0 Å². The van der Waals surface area contributed by atoms with Gasteiger partial charge in [0.2, 0.25) is 11.8 Å². The van der Waals surface area contributed by atoms with E-state index in [4.69, 9.17) is 5.73 Å². The SMILES string of the molecule is CC(NC(=O)CNC(=O)CN)c1ccc(OC(F)F)cc1.Cl. The molecule has 1 rings (SSSR count). The molecule has 1 aromatic rings. The number of ether oxygens (including phenoxy) is 1. The van der Waals surface area contributed by atoms with E-state index in [2.05, 4.69) is 15.4 Å². The summed E-state index contributed by atoms with van der Waals surface area (Å²) in [6.07, 6.45) is 0. The first kappa shape index (κ1) is 20.1. The molecule has 9 heteroatoms. The summed E-state index contributed by atoms with van der Waals surface area (Å²) >= 11 is 0. The molecule has 0 heterocycles. The van der Waals surface area contributed by atoms with Gasteiger partial charge in [-0.15, -0.1) is 12.4 Å². The van der Waals surface area contributed by atoms with Gasteiger partial charge in [0.1, 0.15) is 5.75 Å². The lowest BCUT2D eigenvalue weighted by molar-refractivity contribution is -0.125. The Balaban J connectivity index is 0.00000441. The number of nitrogens with two attached hydrogens (primary N) is 1. The molecule has 1 atom stereocenters. The number of nitrogens with one attached hydrogen (secondary N) is 2. The molecule has 4 N–H and O–H groups in total. The van der Waals surface area contributed by atoms with Gasteiger partial charge in [0.15, 0.2) is 0 Å². The quantitative estimate of drug-likeness (QED) is 0.691. The van der Waals surface area contributed by atoms with Crippen LogP contribution in [0.4, 0.5) is 8.78 Å². The highest BCUT2D eigenvalue weighted by Gasteiger charge is 2.11. The molecular formula is C13H18ClF2N3O3. The molecular weight excluding hydrogens is 320 g/mol. The highest BCUT2D eigenvalue weighted by atomic mass is 35.5. The molecule has 6 nitrogen and oxygen atoms in total. The van der Waals surface area contributed by atoms with E-state index in [0.717, 1.165) is 5.56 Å². The minimum Gasteiger partial charge on any atom is -0.435 e. The van der Waals surface area contributed by atoms with Gasteiger partial charge in [-0.2, -0.15) is 8.78 Å². The zero-order valence-electron chi connectivity index (χ0n) is 11.8. The van der Waals surface area contributed by atoms with Crippen molar-refractivity contribution in [2.24, 2.45) is 5.73 Å². The number of alkyl halides is 2. The first-order valence-electron chi connectivity index (χ1n) is 6.23. The summed E-state index contributed by atoms with van der Waals surface area (Å²) in [6, 6.07) is 5.58. The van der Waals surface area contributed by atoms with E-state index >= 15 is 0 Å². The highest BCUT2D eigenvalue weighted by molar-refractivity contribution is 5.85. The van der Waals surface area contributed by atoms with Gasteiger partial charge in [-0.25, -0.2) is 0 Å². The van der Waals surface area contributed by atoms with Crippen molar-refractivity contribution >= 4 is 24.2 Å². The number of rotatable bonds is 7. The van der Waals surface area contributed by atoms with Crippen molar-refractivity contribution in [1.29, 1.82) is 0 Å². The molecule has 0 aromatic heterocycles. The molecule has 0 saturated carbocycles. The molecule has 0 aliphatic heterocycles. The Labute approximate surface area is 132 Å².